The van der Waals surface area contributed by atoms with E-state index in [1.54, 1.807) is 7.11 Å². The van der Waals surface area contributed by atoms with Crippen molar-refractivity contribution in [2.24, 2.45) is 0 Å². The van der Waals surface area contributed by atoms with Gasteiger partial charge in [0.05, 0.1) is 13.7 Å². The Hall–Kier alpha value is -2.00. The summed E-state index contributed by atoms with van der Waals surface area (Å²) in [5.74, 6) is 1.60. The molecule has 3 nitrogen and oxygen atoms in total. The van der Waals surface area contributed by atoms with E-state index >= 15 is 0 Å². The van der Waals surface area contributed by atoms with E-state index in [-0.39, 0.29) is 0 Å². The fourth-order valence-corrected chi connectivity index (χ4v) is 2.27. The van der Waals surface area contributed by atoms with E-state index in [0.29, 0.717) is 6.61 Å². The van der Waals surface area contributed by atoms with Crippen molar-refractivity contribution in [1.29, 1.82) is 0 Å². The average Bonchev–Trinajstić information content (AvgIpc) is 2.57. The summed E-state index contributed by atoms with van der Waals surface area (Å²) in [7, 11) is 1.68. The molecule has 0 aliphatic rings. The topological polar surface area (TPSA) is 30.5 Å². The SMILES string of the molecule is CCCNCc1ccc(OCCc2ccccc2)c(OC)c1. The van der Waals surface area contributed by atoms with Crippen molar-refractivity contribution < 1.29 is 9.47 Å². The quantitative estimate of drug-likeness (QED) is 0.714. The van der Waals surface area contributed by atoms with Crippen LogP contribution in [0, 0.1) is 0 Å². The molecule has 2 aromatic rings. The summed E-state index contributed by atoms with van der Waals surface area (Å²) in [6.45, 7) is 4.69. The van der Waals surface area contributed by atoms with Crippen LogP contribution in [0.2, 0.25) is 0 Å². The van der Waals surface area contributed by atoms with Gasteiger partial charge >= 0.3 is 0 Å². The van der Waals surface area contributed by atoms with Crippen molar-refractivity contribution in [2.75, 3.05) is 20.3 Å². The van der Waals surface area contributed by atoms with E-state index < -0.39 is 0 Å². The maximum Gasteiger partial charge on any atom is 0.161 e. The zero-order valence-electron chi connectivity index (χ0n) is 13.5. The first-order valence-electron chi connectivity index (χ1n) is 7.88. The Kier molecular flexibility index (Phi) is 6.78. The molecule has 3 heteroatoms. The zero-order valence-corrected chi connectivity index (χ0v) is 13.5. The molecular weight excluding hydrogens is 274 g/mol. The lowest BCUT2D eigenvalue weighted by Crippen LogP contribution is -2.13. The summed E-state index contributed by atoms with van der Waals surface area (Å²) in [4.78, 5) is 0. The molecule has 0 aromatic heterocycles. The second-order valence-electron chi connectivity index (χ2n) is 5.25. The number of rotatable bonds is 9. The molecule has 0 aliphatic carbocycles. The fourth-order valence-electron chi connectivity index (χ4n) is 2.27. The lowest BCUT2D eigenvalue weighted by molar-refractivity contribution is 0.297. The van der Waals surface area contributed by atoms with Crippen molar-refractivity contribution in [2.45, 2.75) is 26.3 Å². The molecule has 0 unspecified atom stereocenters. The molecule has 0 amide bonds. The third kappa shape index (κ3) is 5.08. The maximum absolute atomic E-state index is 5.87. The molecule has 0 heterocycles. The predicted molar refractivity (Wildman–Crippen MR) is 90.6 cm³/mol. The van der Waals surface area contributed by atoms with Crippen LogP contribution in [0.25, 0.3) is 0 Å². The maximum atomic E-state index is 5.87. The fraction of sp³-hybridized carbons (Fsp3) is 0.368. The summed E-state index contributed by atoms with van der Waals surface area (Å²) in [5.41, 5.74) is 2.49. The Morgan fingerprint density at radius 1 is 0.955 bits per heavy atom. The number of methoxy groups -OCH3 is 1. The summed E-state index contributed by atoms with van der Waals surface area (Å²) < 4.78 is 11.3. The van der Waals surface area contributed by atoms with Gasteiger partial charge in [0.15, 0.2) is 11.5 Å². The molecule has 22 heavy (non-hydrogen) atoms. The number of benzene rings is 2. The van der Waals surface area contributed by atoms with Crippen molar-refractivity contribution >= 4 is 0 Å². The van der Waals surface area contributed by atoms with E-state index in [9.17, 15) is 0 Å². The number of nitrogens with one attached hydrogen (secondary N) is 1. The molecule has 0 saturated carbocycles. The highest BCUT2D eigenvalue weighted by atomic mass is 16.5. The van der Waals surface area contributed by atoms with Crippen molar-refractivity contribution in [3.05, 3.63) is 59.7 Å². The van der Waals surface area contributed by atoms with Gasteiger partial charge in [-0.25, -0.2) is 0 Å². The summed E-state index contributed by atoms with van der Waals surface area (Å²) in [6.07, 6.45) is 2.03. The van der Waals surface area contributed by atoms with Crippen molar-refractivity contribution in [1.82, 2.24) is 5.32 Å². The van der Waals surface area contributed by atoms with Gasteiger partial charge in [-0.2, -0.15) is 0 Å². The highest BCUT2D eigenvalue weighted by molar-refractivity contribution is 5.43. The second kappa shape index (κ2) is 9.11. The van der Waals surface area contributed by atoms with Crippen LogP contribution in [0.3, 0.4) is 0 Å². The molecule has 0 fully saturated rings. The van der Waals surface area contributed by atoms with Crippen LogP contribution in [-0.2, 0) is 13.0 Å². The van der Waals surface area contributed by atoms with Crippen LogP contribution in [0.1, 0.15) is 24.5 Å². The number of ether oxygens (including phenoxy) is 2. The minimum absolute atomic E-state index is 0.647. The Balaban J connectivity index is 1.89. The van der Waals surface area contributed by atoms with Crippen LogP contribution >= 0.6 is 0 Å². The van der Waals surface area contributed by atoms with E-state index in [4.69, 9.17) is 9.47 Å². The van der Waals surface area contributed by atoms with Crippen LogP contribution in [0.15, 0.2) is 48.5 Å². The Bertz CT molecular complexity index is 555. The first-order valence-corrected chi connectivity index (χ1v) is 7.88. The molecule has 0 radical (unpaired) electrons. The normalized spacial score (nSPS) is 10.5. The first-order chi connectivity index (χ1) is 10.8. The smallest absolute Gasteiger partial charge is 0.161 e. The predicted octanol–water partition coefficient (Wildman–Crippen LogP) is 3.82. The van der Waals surface area contributed by atoms with Gasteiger partial charge in [0.2, 0.25) is 0 Å². The van der Waals surface area contributed by atoms with E-state index in [1.165, 1.54) is 11.1 Å². The summed E-state index contributed by atoms with van der Waals surface area (Å²) >= 11 is 0. The van der Waals surface area contributed by atoms with Gasteiger partial charge in [-0.3, -0.25) is 0 Å². The Morgan fingerprint density at radius 3 is 2.50 bits per heavy atom. The summed E-state index contributed by atoms with van der Waals surface area (Å²) in [5, 5.41) is 3.39. The van der Waals surface area contributed by atoms with Gasteiger partial charge in [0.25, 0.3) is 0 Å². The second-order valence-corrected chi connectivity index (χ2v) is 5.25. The largest absolute Gasteiger partial charge is 0.493 e. The molecule has 0 saturated heterocycles. The zero-order chi connectivity index (χ0) is 15.6. The van der Waals surface area contributed by atoms with Crippen LogP contribution in [-0.4, -0.2) is 20.3 Å². The molecule has 118 valence electrons. The monoisotopic (exact) mass is 299 g/mol. The number of hydrogen-bond donors (Lipinski definition) is 1. The molecule has 0 bridgehead atoms. The van der Waals surface area contributed by atoms with E-state index in [0.717, 1.165) is 37.4 Å². The van der Waals surface area contributed by atoms with Crippen LogP contribution < -0.4 is 14.8 Å². The van der Waals surface area contributed by atoms with Gasteiger partial charge < -0.3 is 14.8 Å². The molecular formula is C19H25NO2. The van der Waals surface area contributed by atoms with Gasteiger partial charge in [0.1, 0.15) is 0 Å². The average molecular weight is 299 g/mol. The molecule has 2 aromatic carbocycles. The van der Waals surface area contributed by atoms with E-state index in [1.807, 2.05) is 30.3 Å². The standard InChI is InChI=1S/C19H25NO2/c1-3-12-20-15-17-9-10-18(19(14-17)21-2)22-13-11-16-7-5-4-6-8-16/h4-10,14,20H,3,11-13,15H2,1-2H3. The molecule has 0 atom stereocenters. The third-order valence-corrected chi connectivity index (χ3v) is 3.48. The van der Waals surface area contributed by atoms with Gasteiger partial charge in [-0.05, 0) is 36.2 Å². The van der Waals surface area contributed by atoms with Crippen molar-refractivity contribution in [3.8, 4) is 11.5 Å². The van der Waals surface area contributed by atoms with Gasteiger partial charge in [0, 0.05) is 13.0 Å². The molecule has 2 rings (SSSR count). The summed E-state index contributed by atoms with van der Waals surface area (Å²) in [6, 6.07) is 16.5. The van der Waals surface area contributed by atoms with Gasteiger partial charge in [-0.15, -0.1) is 0 Å². The van der Waals surface area contributed by atoms with Crippen LogP contribution in [0.5, 0.6) is 11.5 Å². The minimum atomic E-state index is 0.647. The molecule has 1 N–H and O–H groups in total. The van der Waals surface area contributed by atoms with Crippen molar-refractivity contribution in [3.63, 3.8) is 0 Å². The minimum Gasteiger partial charge on any atom is -0.493 e. The van der Waals surface area contributed by atoms with Gasteiger partial charge in [-0.1, -0.05) is 43.3 Å². The number of hydrogen-bond acceptors (Lipinski definition) is 3. The Labute approximate surface area is 133 Å². The highest BCUT2D eigenvalue weighted by Gasteiger charge is 2.06. The lowest BCUT2D eigenvalue weighted by Gasteiger charge is -2.12. The van der Waals surface area contributed by atoms with Crippen LogP contribution in [0.4, 0.5) is 0 Å². The Morgan fingerprint density at radius 2 is 1.77 bits per heavy atom. The third-order valence-electron chi connectivity index (χ3n) is 3.48. The van der Waals surface area contributed by atoms with E-state index in [2.05, 4.69) is 30.4 Å². The first kappa shape index (κ1) is 16.4. The molecule has 0 spiro atoms. The highest BCUT2D eigenvalue weighted by Crippen LogP contribution is 2.28. The molecule has 0 aliphatic heterocycles. The lowest BCUT2D eigenvalue weighted by atomic mass is 10.1.